The van der Waals surface area contributed by atoms with Crippen molar-refractivity contribution in [2.24, 2.45) is 0 Å². The Morgan fingerprint density at radius 3 is 2.65 bits per heavy atom. The molecule has 1 heterocycles. The fourth-order valence-corrected chi connectivity index (χ4v) is 4.24. The smallest absolute Gasteiger partial charge is 0.337 e. The Balaban J connectivity index is 1.85. The summed E-state index contributed by atoms with van der Waals surface area (Å²) < 4.78 is 50.6. The lowest BCUT2D eigenvalue weighted by atomic mass is 10.1. The summed E-state index contributed by atoms with van der Waals surface area (Å²) in [4.78, 5) is 11.7. The van der Waals surface area contributed by atoms with Crippen LogP contribution in [0.4, 0.5) is 4.39 Å². The van der Waals surface area contributed by atoms with Crippen molar-refractivity contribution < 1.29 is 27.1 Å². The fraction of sp³-hybridized carbons (Fsp3) is 0.278. The molecule has 26 heavy (non-hydrogen) atoms. The second-order valence-corrected chi connectivity index (χ2v) is 7.73. The molecule has 1 saturated heterocycles. The Labute approximate surface area is 151 Å². The summed E-state index contributed by atoms with van der Waals surface area (Å²) >= 11 is 0. The molecule has 2 aromatic carbocycles. The molecule has 1 unspecified atom stereocenters. The van der Waals surface area contributed by atoms with E-state index in [2.05, 4.69) is 4.74 Å². The van der Waals surface area contributed by atoms with Gasteiger partial charge in [0.05, 0.1) is 30.3 Å². The number of sulfonamides is 1. The third kappa shape index (κ3) is 3.77. The monoisotopic (exact) mass is 379 g/mol. The van der Waals surface area contributed by atoms with Crippen molar-refractivity contribution in [3.63, 3.8) is 0 Å². The predicted molar refractivity (Wildman–Crippen MR) is 91.6 cm³/mol. The highest BCUT2D eigenvalue weighted by Gasteiger charge is 2.32. The molecular formula is C18H18FNO5S. The van der Waals surface area contributed by atoms with Crippen LogP contribution >= 0.6 is 0 Å². The Morgan fingerprint density at radius 2 is 1.96 bits per heavy atom. The summed E-state index contributed by atoms with van der Waals surface area (Å²) in [5, 5.41) is 0. The molecule has 1 aliphatic rings. The van der Waals surface area contributed by atoms with Crippen LogP contribution in [0.1, 0.15) is 22.0 Å². The molecule has 0 N–H and O–H groups in total. The topological polar surface area (TPSA) is 72.9 Å². The standard InChI is InChI=1S/C18H18FNO5S/c1-24-18(21)14-3-2-4-16(11-14)26(22,23)20-9-10-25-17(12-20)13-5-7-15(19)8-6-13/h2-8,11,17H,9-10,12H2,1H3. The van der Waals surface area contributed by atoms with E-state index in [0.717, 1.165) is 0 Å². The summed E-state index contributed by atoms with van der Waals surface area (Å²) in [7, 11) is -2.57. The number of halogens is 1. The highest BCUT2D eigenvalue weighted by molar-refractivity contribution is 7.89. The number of ether oxygens (including phenoxy) is 2. The minimum atomic E-state index is -3.80. The number of methoxy groups -OCH3 is 1. The van der Waals surface area contributed by atoms with Crippen molar-refractivity contribution >= 4 is 16.0 Å². The van der Waals surface area contributed by atoms with Crippen molar-refractivity contribution in [1.29, 1.82) is 0 Å². The predicted octanol–water partition coefficient (Wildman–Crippen LogP) is 2.37. The van der Waals surface area contributed by atoms with Gasteiger partial charge in [0, 0.05) is 13.1 Å². The second kappa shape index (κ2) is 7.53. The number of nitrogens with zero attached hydrogens (tertiary/aromatic N) is 1. The van der Waals surface area contributed by atoms with Gasteiger partial charge in [-0.1, -0.05) is 18.2 Å². The quantitative estimate of drug-likeness (QED) is 0.763. The first kappa shape index (κ1) is 18.5. The van der Waals surface area contributed by atoms with Crippen molar-refractivity contribution in [2.75, 3.05) is 26.8 Å². The number of hydrogen-bond acceptors (Lipinski definition) is 5. The first-order valence-corrected chi connectivity index (χ1v) is 9.41. The molecule has 1 aliphatic heterocycles. The van der Waals surface area contributed by atoms with Gasteiger partial charge in [-0.25, -0.2) is 17.6 Å². The number of hydrogen-bond donors (Lipinski definition) is 0. The molecule has 138 valence electrons. The van der Waals surface area contributed by atoms with E-state index >= 15 is 0 Å². The van der Waals surface area contributed by atoms with Crippen LogP contribution in [-0.4, -0.2) is 45.5 Å². The Bertz CT molecular complexity index is 898. The van der Waals surface area contributed by atoms with E-state index in [9.17, 15) is 17.6 Å². The van der Waals surface area contributed by atoms with Gasteiger partial charge in [0.1, 0.15) is 5.82 Å². The van der Waals surface area contributed by atoms with Gasteiger partial charge in [0.25, 0.3) is 0 Å². The van der Waals surface area contributed by atoms with Gasteiger partial charge >= 0.3 is 5.97 Å². The summed E-state index contributed by atoms with van der Waals surface area (Å²) in [6.45, 7) is 0.525. The van der Waals surface area contributed by atoms with E-state index in [-0.39, 0.29) is 36.0 Å². The third-order valence-electron chi connectivity index (χ3n) is 4.16. The van der Waals surface area contributed by atoms with Crippen molar-refractivity contribution in [3.8, 4) is 0 Å². The van der Waals surface area contributed by atoms with Crippen molar-refractivity contribution in [2.45, 2.75) is 11.0 Å². The lowest BCUT2D eigenvalue weighted by Gasteiger charge is -2.32. The second-order valence-electron chi connectivity index (χ2n) is 5.79. The molecule has 0 saturated carbocycles. The van der Waals surface area contributed by atoms with Crippen LogP contribution < -0.4 is 0 Å². The first-order chi connectivity index (χ1) is 12.4. The Hall–Kier alpha value is -2.29. The number of carbonyl (C=O) groups excluding carboxylic acids is 1. The van der Waals surface area contributed by atoms with Crippen molar-refractivity contribution in [1.82, 2.24) is 4.31 Å². The number of morpholine rings is 1. The molecule has 0 bridgehead atoms. The number of benzene rings is 2. The minimum Gasteiger partial charge on any atom is -0.465 e. The average molecular weight is 379 g/mol. The Kier molecular flexibility index (Phi) is 5.36. The van der Waals surface area contributed by atoms with Crippen LogP contribution in [0.2, 0.25) is 0 Å². The van der Waals surface area contributed by atoms with E-state index < -0.39 is 22.1 Å². The maximum absolute atomic E-state index is 13.1. The molecule has 0 aromatic heterocycles. The van der Waals surface area contributed by atoms with Gasteiger partial charge in [-0.2, -0.15) is 4.31 Å². The highest BCUT2D eigenvalue weighted by Crippen LogP contribution is 2.27. The Morgan fingerprint density at radius 1 is 1.23 bits per heavy atom. The molecule has 1 atom stereocenters. The lowest BCUT2D eigenvalue weighted by Crippen LogP contribution is -2.42. The summed E-state index contributed by atoms with van der Waals surface area (Å²) in [6.07, 6.45) is -0.483. The maximum atomic E-state index is 13.1. The van der Waals surface area contributed by atoms with Crippen LogP contribution in [0.25, 0.3) is 0 Å². The van der Waals surface area contributed by atoms with Crippen LogP contribution in [0, 0.1) is 5.82 Å². The zero-order valence-corrected chi connectivity index (χ0v) is 14.9. The van der Waals surface area contributed by atoms with E-state index in [4.69, 9.17) is 4.74 Å². The molecule has 6 nitrogen and oxygen atoms in total. The zero-order valence-electron chi connectivity index (χ0n) is 14.1. The summed E-state index contributed by atoms with van der Waals surface area (Å²) in [5.74, 6) is -0.970. The van der Waals surface area contributed by atoms with Gasteiger partial charge in [-0.15, -0.1) is 0 Å². The highest BCUT2D eigenvalue weighted by atomic mass is 32.2. The first-order valence-electron chi connectivity index (χ1n) is 7.97. The third-order valence-corrected chi connectivity index (χ3v) is 6.03. The lowest BCUT2D eigenvalue weighted by molar-refractivity contribution is -0.00259. The van der Waals surface area contributed by atoms with E-state index in [1.54, 1.807) is 12.1 Å². The SMILES string of the molecule is COC(=O)c1cccc(S(=O)(=O)N2CCOC(c3ccc(F)cc3)C2)c1. The molecule has 0 amide bonds. The van der Waals surface area contributed by atoms with Gasteiger partial charge in [-0.3, -0.25) is 0 Å². The number of esters is 1. The number of rotatable bonds is 4. The molecule has 0 aliphatic carbocycles. The molecule has 1 fully saturated rings. The maximum Gasteiger partial charge on any atom is 0.337 e. The molecular weight excluding hydrogens is 361 g/mol. The van der Waals surface area contributed by atoms with Crippen LogP contribution in [0.3, 0.4) is 0 Å². The number of carbonyl (C=O) groups is 1. The largest absolute Gasteiger partial charge is 0.465 e. The fourth-order valence-electron chi connectivity index (χ4n) is 2.77. The zero-order chi connectivity index (χ0) is 18.7. The minimum absolute atomic E-state index is 0.0140. The van der Waals surface area contributed by atoms with E-state index in [1.807, 2.05) is 0 Å². The summed E-state index contributed by atoms with van der Waals surface area (Å²) in [5.41, 5.74) is 0.867. The van der Waals surface area contributed by atoms with Crippen molar-refractivity contribution in [3.05, 3.63) is 65.5 Å². The average Bonchev–Trinajstić information content (AvgIpc) is 2.68. The molecule has 3 rings (SSSR count). The van der Waals surface area contributed by atoms with Gasteiger partial charge in [0.2, 0.25) is 10.0 Å². The van der Waals surface area contributed by atoms with Crippen LogP contribution in [-0.2, 0) is 19.5 Å². The van der Waals surface area contributed by atoms with Gasteiger partial charge < -0.3 is 9.47 Å². The van der Waals surface area contributed by atoms with Gasteiger partial charge in [-0.05, 0) is 35.9 Å². The van der Waals surface area contributed by atoms with Gasteiger partial charge in [0.15, 0.2) is 0 Å². The van der Waals surface area contributed by atoms with Crippen LogP contribution in [0.5, 0.6) is 0 Å². The van der Waals surface area contributed by atoms with Crippen LogP contribution in [0.15, 0.2) is 53.4 Å². The van der Waals surface area contributed by atoms with E-state index in [1.165, 1.54) is 47.8 Å². The normalized spacial score (nSPS) is 18.5. The molecule has 8 heteroatoms. The summed E-state index contributed by atoms with van der Waals surface area (Å²) in [6, 6.07) is 11.5. The molecule has 0 spiro atoms. The molecule has 0 radical (unpaired) electrons. The van der Waals surface area contributed by atoms with E-state index in [0.29, 0.717) is 5.56 Å². The molecule has 2 aromatic rings.